The normalized spacial score (nSPS) is 9.87. The summed E-state index contributed by atoms with van der Waals surface area (Å²) in [6.45, 7) is 0. The van der Waals surface area contributed by atoms with Gasteiger partial charge < -0.3 is 9.47 Å². The van der Waals surface area contributed by atoms with Gasteiger partial charge in [-0.05, 0) is 28.1 Å². The van der Waals surface area contributed by atoms with Crippen molar-refractivity contribution in [2.45, 2.75) is 0 Å². The highest BCUT2D eigenvalue weighted by Crippen LogP contribution is 2.33. The highest BCUT2D eigenvalue weighted by molar-refractivity contribution is 9.10. The lowest BCUT2D eigenvalue weighted by molar-refractivity contribution is 0.102. The van der Waals surface area contributed by atoms with Gasteiger partial charge in [0.25, 0.3) is 0 Å². The molecule has 82 valence electrons. The largest absolute Gasteiger partial charge is 0.493 e. The van der Waals surface area contributed by atoms with E-state index in [0.29, 0.717) is 21.5 Å². The number of carbonyl (C=O) groups excluding carboxylic acids is 1. The van der Waals surface area contributed by atoms with Crippen LogP contribution in [0.3, 0.4) is 0 Å². The minimum Gasteiger partial charge on any atom is -0.493 e. The van der Waals surface area contributed by atoms with Crippen LogP contribution in [0.4, 0.5) is 0 Å². The fraction of sp³-hybridized carbons (Fsp3) is 0.300. The van der Waals surface area contributed by atoms with E-state index < -0.39 is 0 Å². The molecule has 0 bridgehead atoms. The first kappa shape index (κ1) is 12.3. The van der Waals surface area contributed by atoms with E-state index in [0.717, 1.165) is 0 Å². The Kier molecular flexibility index (Phi) is 4.42. The second kappa shape index (κ2) is 5.37. The van der Waals surface area contributed by atoms with Gasteiger partial charge in [-0.15, -0.1) is 11.6 Å². The molecular weight excluding hydrogens is 283 g/mol. The molecule has 1 aromatic rings. The number of rotatable bonds is 4. The van der Waals surface area contributed by atoms with E-state index in [-0.39, 0.29) is 11.7 Å². The summed E-state index contributed by atoms with van der Waals surface area (Å²) in [5.41, 5.74) is 0.489. The van der Waals surface area contributed by atoms with E-state index in [9.17, 15) is 4.79 Å². The standard InChI is InChI=1S/C10H10BrClO3/c1-14-9-3-6(8(13)5-12)7(11)4-10(9)15-2/h3-4H,5H2,1-2H3. The Morgan fingerprint density at radius 2 is 1.87 bits per heavy atom. The van der Waals surface area contributed by atoms with E-state index in [2.05, 4.69) is 15.9 Å². The number of hydrogen-bond donors (Lipinski definition) is 0. The zero-order valence-corrected chi connectivity index (χ0v) is 10.7. The quantitative estimate of drug-likeness (QED) is 0.632. The molecule has 15 heavy (non-hydrogen) atoms. The minimum absolute atomic E-state index is 0.0614. The monoisotopic (exact) mass is 292 g/mol. The molecule has 0 saturated carbocycles. The molecule has 0 aliphatic rings. The SMILES string of the molecule is COc1cc(Br)c(C(=O)CCl)cc1OC. The highest BCUT2D eigenvalue weighted by Gasteiger charge is 2.14. The average molecular weight is 294 g/mol. The summed E-state index contributed by atoms with van der Waals surface area (Å²) in [7, 11) is 3.05. The molecular formula is C10H10BrClO3. The number of carbonyl (C=O) groups is 1. The summed E-state index contributed by atoms with van der Waals surface area (Å²) in [6.07, 6.45) is 0. The van der Waals surface area contributed by atoms with Gasteiger partial charge in [-0.2, -0.15) is 0 Å². The third-order valence-electron chi connectivity index (χ3n) is 1.90. The van der Waals surface area contributed by atoms with E-state index in [1.807, 2.05) is 0 Å². The number of Topliss-reactive ketones (excluding diaryl/α,β-unsaturated/α-hetero) is 1. The van der Waals surface area contributed by atoms with Crippen LogP contribution in [0.25, 0.3) is 0 Å². The molecule has 1 aromatic carbocycles. The molecule has 0 atom stereocenters. The second-order valence-electron chi connectivity index (χ2n) is 2.74. The van der Waals surface area contributed by atoms with Gasteiger partial charge in [0, 0.05) is 10.0 Å². The number of benzene rings is 1. The lowest BCUT2D eigenvalue weighted by atomic mass is 10.1. The van der Waals surface area contributed by atoms with Crippen molar-refractivity contribution in [3.63, 3.8) is 0 Å². The van der Waals surface area contributed by atoms with Crippen molar-refractivity contribution < 1.29 is 14.3 Å². The molecule has 0 unspecified atom stereocenters. The van der Waals surface area contributed by atoms with Crippen molar-refractivity contribution in [1.29, 1.82) is 0 Å². The van der Waals surface area contributed by atoms with Gasteiger partial charge in [-0.3, -0.25) is 4.79 Å². The number of halogens is 2. The molecule has 0 saturated heterocycles. The molecule has 0 aliphatic heterocycles. The number of hydrogen-bond acceptors (Lipinski definition) is 3. The summed E-state index contributed by atoms with van der Waals surface area (Å²) in [5, 5.41) is 0. The summed E-state index contributed by atoms with van der Waals surface area (Å²) in [6, 6.07) is 3.28. The molecule has 3 nitrogen and oxygen atoms in total. The highest BCUT2D eigenvalue weighted by atomic mass is 79.9. The molecule has 0 fully saturated rings. The molecule has 0 heterocycles. The van der Waals surface area contributed by atoms with E-state index >= 15 is 0 Å². The van der Waals surface area contributed by atoms with Crippen LogP contribution in [0.1, 0.15) is 10.4 Å². The summed E-state index contributed by atoms with van der Waals surface area (Å²) >= 11 is 8.76. The molecule has 0 spiro atoms. The van der Waals surface area contributed by atoms with Gasteiger partial charge in [0.15, 0.2) is 17.3 Å². The second-order valence-corrected chi connectivity index (χ2v) is 3.87. The van der Waals surface area contributed by atoms with Gasteiger partial charge in [0.05, 0.1) is 20.1 Å². The zero-order valence-electron chi connectivity index (χ0n) is 8.34. The van der Waals surface area contributed by atoms with Crippen LogP contribution >= 0.6 is 27.5 Å². The van der Waals surface area contributed by atoms with E-state index in [4.69, 9.17) is 21.1 Å². The maximum absolute atomic E-state index is 11.4. The van der Waals surface area contributed by atoms with Crippen molar-refractivity contribution in [2.24, 2.45) is 0 Å². The van der Waals surface area contributed by atoms with Crippen LogP contribution in [0.5, 0.6) is 11.5 Å². The van der Waals surface area contributed by atoms with Crippen LogP contribution in [0, 0.1) is 0 Å². The Morgan fingerprint density at radius 1 is 1.33 bits per heavy atom. The van der Waals surface area contributed by atoms with Crippen LogP contribution in [-0.2, 0) is 0 Å². The van der Waals surface area contributed by atoms with Gasteiger partial charge >= 0.3 is 0 Å². The van der Waals surface area contributed by atoms with Crippen molar-refractivity contribution in [2.75, 3.05) is 20.1 Å². The molecule has 0 N–H and O–H groups in total. The maximum atomic E-state index is 11.4. The van der Waals surface area contributed by atoms with Crippen molar-refractivity contribution in [3.05, 3.63) is 22.2 Å². The molecule has 0 amide bonds. The predicted molar refractivity (Wildman–Crippen MR) is 62.3 cm³/mol. The zero-order chi connectivity index (χ0) is 11.4. The summed E-state index contributed by atoms with van der Waals surface area (Å²) in [4.78, 5) is 11.4. The molecule has 0 radical (unpaired) electrons. The van der Waals surface area contributed by atoms with E-state index in [1.165, 1.54) is 14.2 Å². The number of ketones is 1. The Bertz CT molecular complexity index is 379. The van der Waals surface area contributed by atoms with Crippen LogP contribution in [0.15, 0.2) is 16.6 Å². The first-order valence-corrected chi connectivity index (χ1v) is 5.47. The average Bonchev–Trinajstić information content (AvgIpc) is 2.27. The smallest absolute Gasteiger partial charge is 0.178 e. The minimum atomic E-state index is -0.163. The van der Waals surface area contributed by atoms with E-state index in [1.54, 1.807) is 12.1 Å². The van der Waals surface area contributed by atoms with Crippen LogP contribution in [0.2, 0.25) is 0 Å². The Labute approximate surface area is 101 Å². The Hall–Kier alpha value is -0.740. The first-order valence-electron chi connectivity index (χ1n) is 4.14. The van der Waals surface area contributed by atoms with Gasteiger partial charge in [0.1, 0.15) is 0 Å². The lowest BCUT2D eigenvalue weighted by Crippen LogP contribution is -2.03. The molecule has 5 heteroatoms. The molecule has 0 aliphatic carbocycles. The summed E-state index contributed by atoms with van der Waals surface area (Å²) in [5.74, 6) is 0.850. The van der Waals surface area contributed by atoms with Crippen molar-refractivity contribution >= 4 is 33.3 Å². The van der Waals surface area contributed by atoms with Gasteiger partial charge in [-0.25, -0.2) is 0 Å². The number of alkyl halides is 1. The van der Waals surface area contributed by atoms with Gasteiger partial charge in [-0.1, -0.05) is 0 Å². The van der Waals surface area contributed by atoms with Crippen molar-refractivity contribution in [3.8, 4) is 11.5 Å². The fourth-order valence-electron chi connectivity index (χ4n) is 1.14. The number of ether oxygens (including phenoxy) is 2. The third kappa shape index (κ3) is 2.63. The van der Waals surface area contributed by atoms with Gasteiger partial charge in [0.2, 0.25) is 0 Å². The lowest BCUT2D eigenvalue weighted by Gasteiger charge is -2.10. The Balaban J connectivity index is 3.25. The van der Waals surface area contributed by atoms with Crippen molar-refractivity contribution in [1.82, 2.24) is 0 Å². The molecule has 0 aromatic heterocycles. The van der Waals surface area contributed by atoms with Crippen LogP contribution < -0.4 is 9.47 Å². The third-order valence-corrected chi connectivity index (χ3v) is 2.79. The topological polar surface area (TPSA) is 35.5 Å². The Morgan fingerprint density at radius 3 is 2.33 bits per heavy atom. The summed E-state index contributed by atoms with van der Waals surface area (Å²) < 4.78 is 10.8. The number of methoxy groups -OCH3 is 2. The maximum Gasteiger partial charge on any atom is 0.178 e. The van der Waals surface area contributed by atoms with Crippen LogP contribution in [-0.4, -0.2) is 25.9 Å². The first-order chi connectivity index (χ1) is 7.13. The fourth-order valence-corrected chi connectivity index (χ4v) is 1.83. The molecule has 1 rings (SSSR count). The predicted octanol–water partition coefficient (Wildman–Crippen LogP) is 2.89.